The van der Waals surface area contributed by atoms with Crippen LogP contribution in [0.3, 0.4) is 0 Å². The normalized spacial score (nSPS) is 22.6. The Morgan fingerprint density at radius 1 is 1.00 bits per heavy atom. The van der Waals surface area contributed by atoms with Crippen molar-refractivity contribution in [1.29, 1.82) is 0 Å². The number of nitrogens with one attached hydrogen (secondary N) is 1. The number of H-pyrrole nitrogens is 1. The van der Waals surface area contributed by atoms with Crippen molar-refractivity contribution < 1.29 is 17.9 Å². The van der Waals surface area contributed by atoms with E-state index in [1.54, 1.807) is 6.07 Å². The van der Waals surface area contributed by atoms with E-state index in [4.69, 9.17) is 9.84 Å². The maximum absolute atomic E-state index is 13.6. The summed E-state index contributed by atoms with van der Waals surface area (Å²) < 4.78 is 49.0. The Balaban J connectivity index is 1.22. The maximum Gasteiger partial charge on any atom is 0.416 e. The van der Waals surface area contributed by atoms with Crippen LogP contribution in [-0.4, -0.2) is 21.4 Å². The van der Waals surface area contributed by atoms with Gasteiger partial charge in [0.05, 0.1) is 11.3 Å². The molecule has 2 aliphatic rings. The monoisotopic (exact) mass is 553 g/mol. The van der Waals surface area contributed by atoms with Crippen LogP contribution < -0.4 is 0 Å². The van der Waals surface area contributed by atoms with Gasteiger partial charge in [-0.05, 0) is 83.8 Å². The third-order valence-corrected chi connectivity index (χ3v) is 8.74. The molecular formula is C34H30F3N3O. The number of ether oxygens (including phenoxy) is 1. The average Bonchev–Trinajstić information content (AvgIpc) is 3.69. The van der Waals surface area contributed by atoms with Gasteiger partial charge in [-0.2, -0.15) is 18.3 Å². The van der Waals surface area contributed by atoms with Crippen molar-refractivity contribution in [3.63, 3.8) is 0 Å². The molecule has 5 aromatic rings. The number of aromatic amines is 1. The van der Waals surface area contributed by atoms with E-state index in [0.717, 1.165) is 51.6 Å². The summed E-state index contributed by atoms with van der Waals surface area (Å²) in [6, 6.07) is 24.3. The topological polar surface area (TPSA) is 42.8 Å². The van der Waals surface area contributed by atoms with Gasteiger partial charge in [0.1, 0.15) is 11.9 Å². The number of hydrogen-bond donors (Lipinski definition) is 1. The fraction of sp³-hybridized carbons (Fsp3) is 0.265. The van der Waals surface area contributed by atoms with Gasteiger partial charge in [-0.3, -0.25) is 0 Å². The minimum atomic E-state index is -4.40. The number of nitrogens with zero attached hydrogens (tertiary/aromatic N) is 2. The summed E-state index contributed by atoms with van der Waals surface area (Å²) in [6.07, 6.45) is 0.885. The van der Waals surface area contributed by atoms with Gasteiger partial charge in [0.2, 0.25) is 0 Å². The van der Waals surface area contributed by atoms with Crippen molar-refractivity contribution in [3.05, 3.63) is 119 Å². The van der Waals surface area contributed by atoms with Gasteiger partial charge in [0.25, 0.3) is 0 Å². The van der Waals surface area contributed by atoms with Crippen LogP contribution in [0.5, 0.6) is 0 Å². The number of aryl methyl sites for hydroxylation is 1. The first-order valence-electron chi connectivity index (χ1n) is 13.9. The number of rotatable bonds is 4. The first-order chi connectivity index (χ1) is 19.7. The van der Waals surface area contributed by atoms with Crippen molar-refractivity contribution in [2.24, 2.45) is 5.41 Å². The van der Waals surface area contributed by atoms with Crippen molar-refractivity contribution in [3.8, 4) is 5.82 Å². The molecule has 7 rings (SSSR count). The van der Waals surface area contributed by atoms with Crippen molar-refractivity contribution in [2.45, 2.75) is 44.9 Å². The SMILES string of the molecule is Cc1ccc2[nH]c(-n3ccc(C4CC(C)(C5C(c6cccc(C(F)(F)F)c6)=Cc6ccccc65)CCO4)n3)cc2c1. The highest BCUT2D eigenvalue weighted by atomic mass is 19.4. The van der Waals surface area contributed by atoms with Crippen LogP contribution in [0.4, 0.5) is 13.2 Å². The van der Waals surface area contributed by atoms with E-state index >= 15 is 0 Å². The van der Waals surface area contributed by atoms with Crippen LogP contribution in [0.15, 0.2) is 85.1 Å². The summed E-state index contributed by atoms with van der Waals surface area (Å²) >= 11 is 0. The Morgan fingerprint density at radius 2 is 1.85 bits per heavy atom. The van der Waals surface area contributed by atoms with Gasteiger partial charge in [-0.1, -0.05) is 61.0 Å². The zero-order valence-electron chi connectivity index (χ0n) is 22.9. The Hall–Kier alpha value is -4.10. The third kappa shape index (κ3) is 4.58. The molecule has 3 unspecified atom stereocenters. The molecule has 1 fully saturated rings. The number of hydrogen-bond acceptors (Lipinski definition) is 2. The molecule has 0 spiro atoms. The lowest BCUT2D eigenvalue weighted by molar-refractivity contribution is -0.137. The summed E-state index contributed by atoms with van der Waals surface area (Å²) in [7, 11) is 0. The zero-order valence-corrected chi connectivity index (χ0v) is 22.9. The molecule has 7 heteroatoms. The summed E-state index contributed by atoms with van der Waals surface area (Å²) in [5.41, 5.74) is 5.99. The van der Waals surface area contributed by atoms with Gasteiger partial charge < -0.3 is 9.72 Å². The quantitative estimate of drug-likeness (QED) is 0.242. The molecule has 41 heavy (non-hydrogen) atoms. The first kappa shape index (κ1) is 25.8. The summed E-state index contributed by atoms with van der Waals surface area (Å²) in [5, 5.41) is 6.03. The Morgan fingerprint density at radius 3 is 2.71 bits per heavy atom. The fourth-order valence-corrected chi connectivity index (χ4v) is 6.67. The van der Waals surface area contributed by atoms with Crippen LogP contribution in [-0.2, 0) is 10.9 Å². The molecule has 0 bridgehead atoms. The standard InChI is InChI=1S/C34H30F3N3O/c1-21-10-11-28-24(16-21)19-31(38-28)40-14-12-29(39-40)30-20-33(2,13-15-41-30)32-26-9-4-3-6-23(26)18-27(32)22-7-5-8-25(17-22)34(35,36)37/h3-12,14,16-19,30,32,38H,13,15,20H2,1-2H3. The van der Waals surface area contributed by atoms with Gasteiger partial charge >= 0.3 is 6.18 Å². The smallest absolute Gasteiger partial charge is 0.372 e. The molecule has 0 radical (unpaired) electrons. The van der Waals surface area contributed by atoms with E-state index in [0.29, 0.717) is 18.6 Å². The lowest BCUT2D eigenvalue weighted by Gasteiger charge is -2.43. The number of benzene rings is 3. The highest BCUT2D eigenvalue weighted by molar-refractivity contribution is 5.92. The fourth-order valence-electron chi connectivity index (χ4n) is 6.67. The minimum absolute atomic E-state index is 0.0624. The highest BCUT2D eigenvalue weighted by Crippen LogP contribution is 2.57. The summed E-state index contributed by atoms with van der Waals surface area (Å²) in [6.45, 7) is 4.87. The van der Waals surface area contributed by atoms with Crippen molar-refractivity contribution in [2.75, 3.05) is 6.61 Å². The summed E-state index contributed by atoms with van der Waals surface area (Å²) in [4.78, 5) is 3.44. The Bertz CT molecular complexity index is 1800. The highest BCUT2D eigenvalue weighted by Gasteiger charge is 2.45. The zero-order chi connectivity index (χ0) is 28.4. The molecule has 1 aliphatic heterocycles. The van der Waals surface area contributed by atoms with Crippen LogP contribution in [0.25, 0.3) is 28.4 Å². The average molecular weight is 554 g/mol. The van der Waals surface area contributed by atoms with E-state index in [1.165, 1.54) is 17.7 Å². The van der Waals surface area contributed by atoms with E-state index in [1.807, 2.05) is 35.1 Å². The largest absolute Gasteiger partial charge is 0.416 e. The molecule has 0 saturated carbocycles. The second-order valence-electron chi connectivity index (χ2n) is 11.6. The lowest BCUT2D eigenvalue weighted by atomic mass is 9.64. The van der Waals surface area contributed by atoms with Crippen LogP contribution in [0, 0.1) is 12.3 Å². The number of fused-ring (bicyclic) bond motifs is 2. The van der Waals surface area contributed by atoms with Crippen LogP contribution in [0.1, 0.15) is 65.3 Å². The minimum Gasteiger partial charge on any atom is -0.372 e. The number of allylic oxidation sites excluding steroid dienone is 1. The molecule has 1 N–H and O–H groups in total. The van der Waals surface area contributed by atoms with E-state index in [-0.39, 0.29) is 17.4 Å². The number of halogens is 3. The molecule has 2 aromatic heterocycles. The van der Waals surface area contributed by atoms with Crippen molar-refractivity contribution >= 4 is 22.6 Å². The molecule has 3 atom stereocenters. The Kier molecular flexibility index (Phi) is 5.98. The Labute approximate surface area is 236 Å². The van der Waals surface area contributed by atoms with Gasteiger partial charge in [0, 0.05) is 29.6 Å². The van der Waals surface area contributed by atoms with E-state index in [2.05, 4.69) is 55.2 Å². The molecule has 1 aliphatic carbocycles. The van der Waals surface area contributed by atoms with E-state index in [9.17, 15) is 13.2 Å². The van der Waals surface area contributed by atoms with Gasteiger partial charge in [0.15, 0.2) is 0 Å². The van der Waals surface area contributed by atoms with Crippen molar-refractivity contribution in [1.82, 2.24) is 14.8 Å². The molecule has 0 amide bonds. The van der Waals surface area contributed by atoms with Gasteiger partial charge in [-0.15, -0.1) is 0 Å². The predicted octanol–water partition coefficient (Wildman–Crippen LogP) is 8.88. The number of alkyl halides is 3. The lowest BCUT2D eigenvalue weighted by Crippen LogP contribution is -2.34. The molecule has 4 nitrogen and oxygen atoms in total. The van der Waals surface area contributed by atoms with Gasteiger partial charge in [-0.25, -0.2) is 4.68 Å². The number of aromatic nitrogens is 3. The van der Waals surface area contributed by atoms with Crippen LogP contribution in [0.2, 0.25) is 0 Å². The molecular weight excluding hydrogens is 523 g/mol. The predicted molar refractivity (Wildman–Crippen MR) is 155 cm³/mol. The molecule has 3 heterocycles. The third-order valence-electron chi connectivity index (χ3n) is 8.74. The summed E-state index contributed by atoms with van der Waals surface area (Å²) in [5.74, 6) is 0.822. The van der Waals surface area contributed by atoms with Crippen LogP contribution >= 0.6 is 0 Å². The second kappa shape index (κ2) is 9.48. The molecule has 208 valence electrons. The first-order valence-corrected chi connectivity index (χ1v) is 13.9. The maximum atomic E-state index is 13.6. The second-order valence-corrected chi connectivity index (χ2v) is 11.6. The van der Waals surface area contributed by atoms with E-state index < -0.39 is 11.7 Å². The molecule has 3 aromatic carbocycles. The molecule has 1 saturated heterocycles.